The van der Waals surface area contributed by atoms with Gasteiger partial charge < -0.3 is 15.4 Å². The molecule has 162 valence electrons. The zero-order valence-electron chi connectivity index (χ0n) is 17.2. The summed E-state index contributed by atoms with van der Waals surface area (Å²) in [7, 11) is 0. The van der Waals surface area contributed by atoms with E-state index in [4.69, 9.17) is 27.9 Å². The van der Waals surface area contributed by atoms with Crippen molar-refractivity contribution in [2.75, 3.05) is 0 Å². The van der Waals surface area contributed by atoms with Crippen LogP contribution in [0.5, 0.6) is 0 Å². The van der Waals surface area contributed by atoms with Crippen LogP contribution in [0.2, 0.25) is 10.0 Å². The number of hydrogen-bond donors (Lipinski definition) is 2. The van der Waals surface area contributed by atoms with E-state index in [0.29, 0.717) is 21.3 Å². The van der Waals surface area contributed by atoms with Gasteiger partial charge in [-0.3, -0.25) is 4.79 Å². The normalized spacial score (nSPS) is 19.2. The van der Waals surface area contributed by atoms with E-state index in [9.17, 15) is 9.59 Å². The molecule has 1 aromatic heterocycles. The molecule has 1 aliphatic rings. The Hall–Kier alpha value is -2.25. The number of rotatable bonds is 4. The van der Waals surface area contributed by atoms with Gasteiger partial charge in [-0.2, -0.15) is 5.10 Å². The summed E-state index contributed by atoms with van der Waals surface area (Å²) >= 11 is 12.1. The molecule has 0 bridgehead atoms. The van der Waals surface area contributed by atoms with E-state index in [1.54, 1.807) is 29.1 Å². The van der Waals surface area contributed by atoms with E-state index in [2.05, 4.69) is 15.7 Å². The highest BCUT2D eigenvalue weighted by Gasteiger charge is 2.26. The molecule has 9 heteroatoms. The first-order valence-electron chi connectivity index (χ1n) is 9.91. The van der Waals surface area contributed by atoms with E-state index >= 15 is 0 Å². The molecule has 1 saturated carbocycles. The van der Waals surface area contributed by atoms with Gasteiger partial charge in [0.2, 0.25) is 0 Å². The first kappa shape index (κ1) is 22.4. The quantitative estimate of drug-likeness (QED) is 0.700. The Kier molecular flexibility index (Phi) is 6.93. The number of benzene rings is 1. The van der Waals surface area contributed by atoms with E-state index < -0.39 is 11.7 Å². The highest BCUT2D eigenvalue weighted by Crippen LogP contribution is 2.24. The molecule has 1 aromatic carbocycles. The maximum atomic E-state index is 12.6. The van der Waals surface area contributed by atoms with Crippen LogP contribution >= 0.6 is 23.2 Å². The van der Waals surface area contributed by atoms with Crippen LogP contribution in [0.3, 0.4) is 0 Å². The average molecular weight is 453 g/mol. The molecule has 0 unspecified atom stereocenters. The summed E-state index contributed by atoms with van der Waals surface area (Å²) in [6.07, 6.45) is 5.87. The number of nitrogens with one attached hydrogen (secondary N) is 2. The fraction of sp³-hybridized carbons (Fsp3) is 0.476. The second-order valence-electron chi connectivity index (χ2n) is 8.44. The third-order valence-corrected chi connectivity index (χ3v) is 5.32. The van der Waals surface area contributed by atoms with E-state index in [1.165, 1.54) is 6.20 Å². The van der Waals surface area contributed by atoms with Gasteiger partial charge in [-0.15, -0.1) is 0 Å². The minimum Gasteiger partial charge on any atom is -0.444 e. The van der Waals surface area contributed by atoms with Crippen LogP contribution in [0.15, 0.2) is 30.6 Å². The van der Waals surface area contributed by atoms with Crippen molar-refractivity contribution < 1.29 is 14.3 Å². The zero-order chi connectivity index (χ0) is 21.9. The largest absolute Gasteiger partial charge is 0.444 e. The van der Waals surface area contributed by atoms with Crippen molar-refractivity contribution in [2.24, 2.45) is 0 Å². The second-order valence-corrected chi connectivity index (χ2v) is 9.28. The number of alkyl carbamates (subject to hydrolysis) is 1. The fourth-order valence-electron chi connectivity index (χ4n) is 3.36. The molecule has 2 amide bonds. The summed E-state index contributed by atoms with van der Waals surface area (Å²) in [6.45, 7) is 5.51. The van der Waals surface area contributed by atoms with Gasteiger partial charge in [-0.1, -0.05) is 23.2 Å². The Morgan fingerprint density at radius 3 is 2.33 bits per heavy atom. The first-order valence-corrected chi connectivity index (χ1v) is 10.7. The van der Waals surface area contributed by atoms with Crippen molar-refractivity contribution in [1.82, 2.24) is 20.4 Å². The number of amides is 2. The molecule has 1 aliphatic carbocycles. The van der Waals surface area contributed by atoms with Gasteiger partial charge in [0.25, 0.3) is 5.91 Å². The van der Waals surface area contributed by atoms with E-state index in [1.807, 2.05) is 20.8 Å². The molecule has 30 heavy (non-hydrogen) atoms. The molecule has 1 fully saturated rings. The smallest absolute Gasteiger partial charge is 0.407 e. The number of hydrogen-bond acceptors (Lipinski definition) is 4. The Morgan fingerprint density at radius 2 is 1.73 bits per heavy atom. The van der Waals surface area contributed by atoms with Crippen molar-refractivity contribution in [2.45, 2.75) is 64.1 Å². The van der Waals surface area contributed by atoms with Crippen LogP contribution in [0.1, 0.15) is 56.8 Å². The van der Waals surface area contributed by atoms with Crippen molar-refractivity contribution in [3.8, 4) is 5.69 Å². The lowest BCUT2D eigenvalue weighted by atomic mass is 9.91. The van der Waals surface area contributed by atoms with Gasteiger partial charge >= 0.3 is 6.09 Å². The van der Waals surface area contributed by atoms with Crippen LogP contribution in [0.4, 0.5) is 4.79 Å². The number of aromatic nitrogens is 2. The van der Waals surface area contributed by atoms with Crippen LogP contribution in [-0.2, 0) is 4.74 Å². The predicted octanol–water partition coefficient (Wildman–Crippen LogP) is 4.74. The highest BCUT2D eigenvalue weighted by atomic mass is 35.5. The molecule has 0 aliphatic heterocycles. The van der Waals surface area contributed by atoms with Crippen LogP contribution < -0.4 is 10.6 Å². The maximum Gasteiger partial charge on any atom is 0.407 e. The minimum absolute atomic E-state index is 0.0525. The zero-order valence-corrected chi connectivity index (χ0v) is 18.8. The molecule has 0 radical (unpaired) electrons. The Morgan fingerprint density at radius 1 is 1.10 bits per heavy atom. The summed E-state index contributed by atoms with van der Waals surface area (Å²) in [5.41, 5.74) is 0.583. The molecular weight excluding hydrogens is 427 g/mol. The Balaban J connectivity index is 1.51. The molecule has 3 rings (SSSR count). The molecular formula is C21H26Cl2N4O3. The summed E-state index contributed by atoms with van der Waals surface area (Å²) in [5, 5.41) is 11.2. The van der Waals surface area contributed by atoms with Crippen LogP contribution in [0.25, 0.3) is 5.69 Å². The van der Waals surface area contributed by atoms with Crippen LogP contribution in [0, 0.1) is 0 Å². The average Bonchev–Trinajstić information content (AvgIpc) is 3.11. The number of carbonyl (C=O) groups excluding carboxylic acids is 2. The summed E-state index contributed by atoms with van der Waals surface area (Å²) in [5.74, 6) is -0.185. The predicted molar refractivity (Wildman–Crippen MR) is 116 cm³/mol. The van der Waals surface area contributed by atoms with Gasteiger partial charge in [-0.25, -0.2) is 9.48 Å². The third-order valence-electron chi connectivity index (χ3n) is 4.78. The Bertz CT molecular complexity index is 915. The maximum absolute atomic E-state index is 12.6. The van der Waals surface area contributed by atoms with Gasteiger partial charge in [0.15, 0.2) is 0 Å². The third kappa shape index (κ3) is 6.12. The lowest BCUT2D eigenvalue weighted by Gasteiger charge is -2.30. The number of carbonyl (C=O) groups is 2. The lowest BCUT2D eigenvalue weighted by Crippen LogP contribution is -2.45. The topological polar surface area (TPSA) is 85.2 Å². The minimum atomic E-state index is -0.518. The van der Waals surface area contributed by atoms with E-state index in [0.717, 1.165) is 25.7 Å². The monoisotopic (exact) mass is 452 g/mol. The van der Waals surface area contributed by atoms with Crippen molar-refractivity contribution in [3.63, 3.8) is 0 Å². The number of halogens is 2. The molecule has 2 N–H and O–H groups in total. The highest BCUT2D eigenvalue weighted by molar-refractivity contribution is 6.35. The number of ether oxygens (including phenoxy) is 1. The van der Waals surface area contributed by atoms with Crippen molar-refractivity contribution >= 4 is 35.2 Å². The Labute approximate surface area is 186 Å². The molecule has 1 heterocycles. The lowest BCUT2D eigenvalue weighted by molar-refractivity contribution is 0.0488. The van der Waals surface area contributed by atoms with Crippen LogP contribution in [-0.4, -0.2) is 39.5 Å². The summed E-state index contributed by atoms with van der Waals surface area (Å²) in [6, 6.07) is 5.20. The van der Waals surface area contributed by atoms with Gasteiger partial charge in [0, 0.05) is 23.3 Å². The molecule has 7 nitrogen and oxygen atoms in total. The standard InChI is InChI=1S/C21H26Cl2N4O3/c1-21(2,3)30-20(29)26-16-7-5-15(6-8-16)25-19(28)13-11-24-27(12-13)18-9-4-14(22)10-17(18)23/h4,9-12,15-16H,5-8H2,1-3H3,(H,25,28)(H,26,29). The number of nitrogens with zero attached hydrogens (tertiary/aromatic N) is 2. The van der Waals surface area contributed by atoms with Gasteiger partial charge in [-0.05, 0) is 64.7 Å². The molecule has 0 atom stereocenters. The first-order chi connectivity index (χ1) is 14.1. The van der Waals surface area contributed by atoms with Crippen molar-refractivity contribution in [1.29, 1.82) is 0 Å². The van der Waals surface area contributed by atoms with Gasteiger partial charge in [0.05, 0.1) is 22.5 Å². The summed E-state index contributed by atoms with van der Waals surface area (Å²) in [4.78, 5) is 24.5. The second kappa shape index (κ2) is 9.27. The van der Waals surface area contributed by atoms with Crippen molar-refractivity contribution in [3.05, 3.63) is 46.2 Å². The molecule has 0 saturated heterocycles. The van der Waals surface area contributed by atoms with E-state index in [-0.39, 0.29) is 18.0 Å². The summed E-state index contributed by atoms with van der Waals surface area (Å²) < 4.78 is 6.85. The molecule has 0 spiro atoms. The fourth-order valence-corrected chi connectivity index (χ4v) is 3.86. The van der Waals surface area contributed by atoms with Gasteiger partial charge in [0.1, 0.15) is 5.60 Å². The molecule has 2 aromatic rings. The SMILES string of the molecule is CC(C)(C)OC(=O)NC1CCC(NC(=O)c2cnn(-c3ccc(Cl)cc3Cl)c2)CC1.